The van der Waals surface area contributed by atoms with Gasteiger partial charge in [-0.05, 0) is 69.5 Å². The van der Waals surface area contributed by atoms with Crippen LogP contribution in [0.4, 0.5) is 5.69 Å². The molecule has 4 heterocycles. The number of sulfonamides is 1. The number of ether oxygens (including phenoxy) is 2. The van der Waals surface area contributed by atoms with Crippen LogP contribution in [0.1, 0.15) is 42.3 Å². The molecule has 0 aliphatic carbocycles. The number of benzene rings is 1. The Bertz CT molecular complexity index is 1270. The van der Waals surface area contributed by atoms with Crippen molar-refractivity contribution in [2.45, 2.75) is 51.2 Å². The van der Waals surface area contributed by atoms with Crippen LogP contribution >= 0.6 is 0 Å². The SMILES string of the molecule is CCN1C(=O)/C(=C/c2cc(C)n(C[C@H]3CCCO3)c2C)c2cc(S(=O)(=O)N3CCOCC3)ccc21. The van der Waals surface area contributed by atoms with Crippen molar-refractivity contribution in [2.24, 2.45) is 0 Å². The van der Waals surface area contributed by atoms with Crippen LogP contribution in [-0.2, 0) is 30.8 Å². The fourth-order valence-electron chi connectivity index (χ4n) is 5.29. The summed E-state index contributed by atoms with van der Waals surface area (Å²) in [6.45, 7) is 9.62. The number of likely N-dealkylation sites (N-methyl/N-ethyl adjacent to an activating group) is 1. The molecule has 188 valence electrons. The maximum atomic E-state index is 13.4. The molecule has 2 saturated heterocycles. The molecule has 2 aromatic rings. The van der Waals surface area contributed by atoms with Crippen molar-refractivity contribution >= 4 is 33.3 Å². The average Bonchev–Trinajstić information content (AvgIpc) is 3.54. The van der Waals surface area contributed by atoms with E-state index in [2.05, 4.69) is 24.5 Å². The lowest BCUT2D eigenvalue weighted by molar-refractivity contribution is -0.112. The van der Waals surface area contributed by atoms with E-state index in [0.717, 1.165) is 48.6 Å². The van der Waals surface area contributed by atoms with E-state index in [9.17, 15) is 13.2 Å². The number of nitrogens with zero attached hydrogens (tertiary/aromatic N) is 3. The van der Waals surface area contributed by atoms with Crippen molar-refractivity contribution in [3.63, 3.8) is 0 Å². The highest BCUT2D eigenvalue weighted by atomic mass is 32.2. The van der Waals surface area contributed by atoms with E-state index in [1.54, 1.807) is 23.1 Å². The molecule has 0 saturated carbocycles. The van der Waals surface area contributed by atoms with Gasteiger partial charge < -0.3 is 18.9 Å². The lowest BCUT2D eigenvalue weighted by atomic mass is 10.0. The molecule has 0 spiro atoms. The van der Waals surface area contributed by atoms with E-state index < -0.39 is 10.0 Å². The third-order valence-electron chi connectivity index (χ3n) is 7.27. The van der Waals surface area contributed by atoms with E-state index in [0.29, 0.717) is 44.0 Å². The van der Waals surface area contributed by atoms with Gasteiger partial charge >= 0.3 is 0 Å². The van der Waals surface area contributed by atoms with Gasteiger partial charge in [-0.1, -0.05) is 0 Å². The van der Waals surface area contributed by atoms with Crippen molar-refractivity contribution in [3.05, 3.63) is 46.8 Å². The number of aryl methyl sites for hydroxylation is 1. The zero-order valence-electron chi connectivity index (χ0n) is 20.6. The number of hydrogen-bond acceptors (Lipinski definition) is 5. The summed E-state index contributed by atoms with van der Waals surface area (Å²) in [4.78, 5) is 15.3. The highest BCUT2D eigenvalue weighted by Crippen LogP contribution is 2.40. The average molecular weight is 500 g/mol. The van der Waals surface area contributed by atoms with Gasteiger partial charge in [0.1, 0.15) is 0 Å². The van der Waals surface area contributed by atoms with Crippen molar-refractivity contribution in [3.8, 4) is 0 Å². The van der Waals surface area contributed by atoms with E-state index in [-0.39, 0.29) is 16.9 Å². The highest BCUT2D eigenvalue weighted by molar-refractivity contribution is 7.89. The Morgan fingerprint density at radius 3 is 2.57 bits per heavy atom. The summed E-state index contributed by atoms with van der Waals surface area (Å²) in [6, 6.07) is 7.11. The molecule has 3 aliphatic rings. The van der Waals surface area contributed by atoms with Gasteiger partial charge in [0.05, 0.1) is 29.9 Å². The summed E-state index contributed by atoms with van der Waals surface area (Å²) < 4.78 is 41.4. The quantitative estimate of drug-likeness (QED) is 0.570. The minimum absolute atomic E-state index is 0.104. The molecule has 1 atom stereocenters. The van der Waals surface area contributed by atoms with E-state index in [4.69, 9.17) is 9.47 Å². The topological polar surface area (TPSA) is 81.1 Å². The molecule has 3 aliphatic heterocycles. The number of amides is 1. The maximum absolute atomic E-state index is 13.4. The summed E-state index contributed by atoms with van der Waals surface area (Å²) in [7, 11) is -3.67. The molecule has 0 radical (unpaired) electrons. The standard InChI is InChI=1S/C26H33N3O5S/c1-4-28-25-8-7-22(35(31,32)27-9-12-33-13-10-27)16-23(25)24(26(28)30)15-20-14-18(2)29(19(20)3)17-21-6-5-11-34-21/h7-8,14-16,21H,4-6,9-13,17H2,1-3H3/b24-15+/t21-/m1/s1. The first kappa shape index (κ1) is 24.2. The predicted molar refractivity (Wildman–Crippen MR) is 135 cm³/mol. The molecule has 1 aromatic carbocycles. The predicted octanol–water partition coefficient (Wildman–Crippen LogP) is 3.21. The second kappa shape index (κ2) is 9.54. The largest absolute Gasteiger partial charge is 0.379 e. The summed E-state index contributed by atoms with van der Waals surface area (Å²) in [5.41, 5.74) is 5.10. The normalized spacial score (nSPS) is 22.4. The van der Waals surface area contributed by atoms with Gasteiger partial charge in [0.25, 0.3) is 5.91 Å². The fraction of sp³-hybridized carbons (Fsp3) is 0.500. The van der Waals surface area contributed by atoms with Gasteiger partial charge in [-0.2, -0.15) is 4.31 Å². The number of fused-ring (bicyclic) bond motifs is 1. The van der Waals surface area contributed by atoms with Crippen LogP contribution in [0.5, 0.6) is 0 Å². The molecule has 1 aromatic heterocycles. The minimum Gasteiger partial charge on any atom is -0.379 e. The molecule has 8 nitrogen and oxygen atoms in total. The zero-order valence-corrected chi connectivity index (χ0v) is 21.4. The Morgan fingerprint density at radius 1 is 1.11 bits per heavy atom. The first-order valence-electron chi connectivity index (χ1n) is 12.4. The van der Waals surface area contributed by atoms with Gasteiger partial charge in [-0.25, -0.2) is 8.42 Å². The molecule has 5 rings (SSSR count). The number of carbonyl (C=O) groups is 1. The first-order valence-corrected chi connectivity index (χ1v) is 13.8. The number of rotatable bonds is 6. The number of morpholine rings is 1. The summed E-state index contributed by atoms with van der Waals surface area (Å²) in [5.74, 6) is -0.104. The fourth-order valence-corrected chi connectivity index (χ4v) is 6.72. The Hall–Kier alpha value is -2.46. The molecule has 9 heteroatoms. The third-order valence-corrected chi connectivity index (χ3v) is 9.17. The van der Waals surface area contributed by atoms with Crippen LogP contribution in [0.15, 0.2) is 29.2 Å². The lowest BCUT2D eigenvalue weighted by Crippen LogP contribution is -2.40. The van der Waals surface area contributed by atoms with E-state index in [1.807, 2.05) is 13.0 Å². The van der Waals surface area contributed by atoms with Crippen LogP contribution in [0, 0.1) is 13.8 Å². The minimum atomic E-state index is -3.67. The van der Waals surface area contributed by atoms with Gasteiger partial charge in [0, 0.05) is 55.3 Å². The van der Waals surface area contributed by atoms with Crippen molar-refractivity contribution in [1.82, 2.24) is 8.87 Å². The third kappa shape index (κ3) is 4.35. The summed E-state index contributed by atoms with van der Waals surface area (Å²) in [5, 5.41) is 0. The Morgan fingerprint density at radius 2 is 1.89 bits per heavy atom. The lowest BCUT2D eigenvalue weighted by Gasteiger charge is -2.26. The van der Waals surface area contributed by atoms with Gasteiger partial charge in [-0.3, -0.25) is 4.79 Å². The second-order valence-corrected chi connectivity index (χ2v) is 11.3. The maximum Gasteiger partial charge on any atom is 0.258 e. The highest BCUT2D eigenvalue weighted by Gasteiger charge is 2.34. The Labute approximate surface area is 207 Å². The summed E-state index contributed by atoms with van der Waals surface area (Å²) in [6.07, 6.45) is 4.29. The smallest absolute Gasteiger partial charge is 0.258 e. The molecule has 0 N–H and O–H groups in total. The second-order valence-electron chi connectivity index (χ2n) is 9.37. The van der Waals surface area contributed by atoms with Crippen LogP contribution in [-0.4, -0.2) is 68.8 Å². The number of carbonyl (C=O) groups excluding carboxylic acids is 1. The van der Waals surface area contributed by atoms with Crippen molar-refractivity contribution in [2.75, 3.05) is 44.4 Å². The zero-order chi connectivity index (χ0) is 24.7. The van der Waals surface area contributed by atoms with Gasteiger partial charge in [-0.15, -0.1) is 0 Å². The molecule has 2 fully saturated rings. The molecular formula is C26H33N3O5S. The van der Waals surface area contributed by atoms with Gasteiger partial charge in [0.2, 0.25) is 10.0 Å². The monoisotopic (exact) mass is 499 g/mol. The molecule has 0 unspecified atom stereocenters. The van der Waals surface area contributed by atoms with Crippen molar-refractivity contribution in [1.29, 1.82) is 0 Å². The van der Waals surface area contributed by atoms with E-state index in [1.165, 1.54) is 4.31 Å². The molecular weight excluding hydrogens is 466 g/mol. The molecule has 35 heavy (non-hydrogen) atoms. The molecule has 1 amide bonds. The van der Waals surface area contributed by atoms with Crippen LogP contribution in [0.25, 0.3) is 11.6 Å². The summed E-state index contributed by atoms with van der Waals surface area (Å²) >= 11 is 0. The van der Waals surface area contributed by atoms with Crippen LogP contribution < -0.4 is 4.90 Å². The molecule has 0 bridgehead atoms. The van der Waals surface area contributed by atoms with Gasteiger partial charge in [0.15, 0.2) is 0 Å². The first-order chi connectivity index (χ1) is 16.8. The number of aromatic nitrogens is 1. The number of hydrogen-bond donors (Lipinski definition) is 0. The van der Waals surface area contributed by atoms with E-state index >= 15 is 0 Å². The van der Waals surface area contributed by atoms with Crippen molar-refractivity contribution < 1.29 is 22.7 Å². The Balaban J connectivity index is 1.54. The number of anilines is 1. The van der Waals surface area contributed by atoms with Crippen LogP contribution in [0.3, 0.4) is 0 Å². The van der Waals surface area contributed by atoms with Crippen LogP contribution in [0.2, 0.25) is 0 Å². The Kier molecular flexibility index (Phi) is 6.61.